The van der Waals surface area contributed by atoms with Crippen LogP contribution in [0.3, 0.4) is 0 Å². The second-order valence-corrected chi connectivity index (χ2v) is 5.55. The highest BCUT2D eigenvalue weighted by Gasteiger charge is 2.13. The molecule has 1 aliphatic heterocycles. The molecule has 1 heterocycles. The number of hydrogen-bond acceptors (Lipinski definition) is 2. The van der Waals surface area contributed by atoms with Crippen molar-refractivity contribution in [3.05, 3.63) is 35.9 Å². The van der Waals surface area contributed by atoms with Crippen molar-refractivity contribution in [3.8, 4) is 0 Å². The summed E-state index contributed by atoms with van der Waals surface area (Å²) in [6.07, 6.45) is 0. The minimum Gasteiger partial charge on any atom is -0.370 e. The van der Waals surface area contributed by atoms with Crippen LogP contribution in [-0.2, 0) is 4.74 Å². The molecular weight excluding hydrogens is 270 g/mol. The highest BCUT2D eigenvalue weighted by atomic mass is 32.1. The minimum absolute atomic E-state index is 0.229. The zero-order chi connectivity index (χ0) is 14.2. The molecule has 1 aliphatic rings. The number of thiocarbonyl (C=S) groups is 1. The van der Waals surface area contributed by atoms with E-state index in [-0.39, 0.29) is 6.04 Å². The van der Waals surface area contributed by atoms with Crippen LogP contribution in [-0.4, -0.2) is 44.5 Å². The summed E-state index contributed by atoms with van der Waals surface area (Å²) in [5, 5.41) is 7.34. The van der Waals surface area contributed by atoms with E-state index in [4.69, 9.17) is 17.0 Å². The molecule has 0 amide bonds. The van der Waals surface area contributed by atoms with Gasteiger partial charge in [-0.3, -0.25) is 0 Å². The smallest absolute Gasteiger partial charge is 0.166 e. The Labute approximate surface area is 126 Å². The molecule has 1 fully saturated rings. The van der Waals surface area contributed by atoms with Gasteiger partial charge in [0.15, 0.2) is 5.11 Å². The molecule has 5 heteroatoms. The number of morpholine rings is 1. The summed E-state index contributed by atoms with van der Waals surface area (Å²) in [6.45, 7) is 8.07. The van der Waals surface area contributed by atoms with E-state index in [9.17, 15) is 0 Å². The normalized spacial score (nSPS) is 17.4. The van der Waals surface area contributed by atoms with E-state index < -0.39 is 0 Å². The van der Waals surface area contributed by atoms with E-state index >= 15 is 0 Å². The van der Waals surface area contributed by atoms with E-state index in [0.29, 0.717) is 0 Å². The van der Waals surface area contributed by atoms with Crippen molar-refractivity contribution in [2.45, 2.75) is 13.0 Å². The van der Waals surface area contributed by atoms with Gasteiger partial charge in [0, 0.05) is 0 Å². The van der Waals surface area contributed by atoms with Gasteiger partial charge in [-0.2, -0.15) is 0 Å². The molecule has 0 saturated carbocycles. The van der Waals surface area contributed by atoms with Crippen LogP contribution in [0.4, 0.5) is 0 Å². The van der Waals surface area contributed by atoms with Crippen molar-refractivity contribution >= 4 is 17.3 Å². The molecule has 1 atom stereocenters. The molecule has 1 aromatic carbocycles. The van der Waals surface area contributed by atoms with E-state index in [0.717, 1.165) is 44.5 Å². The van der Waals surface area contributed by atoms with Crippen LogP contribution >= 0.6 is 12.2 Å². The lowest BCUT2D eigenvalue weighted by molar-refractivity contribution is -0.906. The van der Waals surface area contributed by atoms with Gasteiger partial charge in [0.25, 0.3) is 0 Å². The molecule has 1 aromatic rings. The molecule has 0 unspecified atom stereocenters. The standard InChI is InChI=1S/C15H23N3OS/c1-13(14-5-3-2-4-6-14)17-15(20)16-7-8-18-9-11-19-12-10-18/h2-6,13H,7-12H2,1H3,(H2,16,17,20)/p+1/t13-/m1/s1. The van der Waals surface area contributed by atoms with Crippen molar-refractivity contribution in [2.75, 3.05) is 39.4 Å². The third-order valence-electron chi connectivity index (χ3n) is 3.61. The Bertz CT molecular complexity index is 407. The van der Waals surface area contributed by atoms with Gasteiger partial charge in [0.1, 0.15) is 13.1 Å². The zero-order valence-electron chi connectivity index (χ0n) is 12.0. The number of hydrogen-bond donors (Lipinski definition) is 3. The van der Waals surface area contributed by atoms with E-state index in [1.807, 2.05) is 18.2 Å². The number of nitrogens with one attached hydrogen (secondary N) is 3. The van der Waals surface area contributed by atoms with Crippen LogP contribution in [0.15, 0.2) is 30.3 Å². The highest BCUT2D eigenvalue weighted by molar-refractivity contribution is 7.80. The minimum atomic E-state index is 0.229. The molecule has 4 nitrogen and oxygen atoms in total. The topological polar surface area (TPSA) is 37.7 Å². The van der Waals surface area contributed by atoms with Gasteiger partial charge < -0.3 is 20.3 Å². The second kappa shape index (κ2) is 8.19. The van der Waals surface area contributed by atoms with Gasteiger partial charge in [-0.05, 0) is 24.7 Å². The molecule has 110 valence electrons. The summed E-state index contributed by atoms with van der Waals surface area (Å²) in [7, 11) is 0. The Morgan fingerprint density at radius 3 is 2.70 bits per heavy atom. The molecule has 1 saturated heterocycles. The van der Waals surface area contributed by atoms with Crippen molar-refractivity contribution in [2.24, 2.45) is 0 Å². The number of benzene rings is 1. The summed E-state index contributed by atoms with van der Waals surface area (Å²) in [6, 6.07) is 10.6. The van der Waals surface area contributed by atoms with E-state index in [2.05, 4.69) is 29.7 Å². The summed E-state index contributed by atoms with van der Waals surface area (Å²) >= 11 is 5.34. The number of ether oxygens (including phenoxy) is 1. The molecular formula is C15H24N3OS+. The monoisotopic (exact) mass is 294 g/mol. The maximum atomic E-state index is 5.35. The van der Waals surface area contributed by atoms with E-state index in [1.165, 1.54) is 5.56 Å². The molecule has 0 aliphatic carbocycles. The largest absolute Gasteiger partial charge is 0.370 e. The lowest BCUT2D eigenvalue weighted by Gasteiger charge is -2.24. The predicted octanol–water partition coefficient (Wildman–Crippen LogP) is 0.127. The maximum absolute atomic E-state index is 5.35. The van der Waals surface area contributed by atoms with Crippen LogP contribution in [0, 0.1) is 0 Å². The fourth-order valence-electron chi connectivity index (χ4n) is 2.34. The van der Waals surface area contributed by atoms with Crippen molar-refractivity contribution in [3.63, 3.8) is 0 Å². The molecule has 0 radical (unpaired) electrons. The molecule has 0 bridgehead atoms. The fourth-order valence-corrected chi connectivity index (χ4v) is 2.61. The Morgan fingerprint density at radius 2 is 2.00 bits per heavy atom. The fraction of sp³-hybridized carbons (Fsp3) is 0.533. The van der Waals surface area contributed by atoms with Gasteiger partial charge in [0.05, 0.1) is 32.3 Å². The predicted molar refractivity (Wildman–Crippen MR) is 85.0 cm³/mol. The van der Waals surface area contributed by atoms with Crippen LogP contribution in [0.2, 0.25) is 0 Å². The lowest BCUT2D eigenvalue weighted by Crippen LogP contribution is -3.14. The number of quaternary nitrogens is 1. The van der Waals surface area contributed by atoms with Crippen LogP contribution in [0.25, 0.3) is 0 Å². The maximum Gasteiger partial charge on any atom is 0.166 e. The summed E-state index contributed by atoms with van der Waals surface area (Å²) in [5.41, 5.74) is 1.25. The first-order valence-corrected chi connectivity index (χ1v) is 7.67. The first-order chi connectivity index (χ1) is 9.75. The van der Waals surface area contributed by atoms with Gasteiger partial charge >= 0.3 is 0 Å². The molecule has 0 spiro atoms. The Kier molecular flexibility index (Phi) is 6.24. The quantitative estimate of drug-likeness (QED) is 0.675. The molecule has 3 N–H and O–H groups in total. The van der Waals surface area contributed by atoms with E-state index in [1.54, 1.807) is 4.90 Å². The van der Waals surface area contributed by atoms with Crippen molar-refractivity contribution in [1.29, 1.82) is 0 Å². The van der Waals surface area contributed by atoms with Crippen LogP contribution < -0.4 is 15.5 Å². The van der Waals surface area contributed by atoms with Crippen molar-refractivity contribution < 1.29 is 9.64 Å². The highest BCUT2D eigenvalue weighted by Crippen LogP contribution is 2.10. The summed E-state index contributed by atoms with van der Waals surface area (Å²) in [4.78, 5) is 1.59. The Balaban J connectivity index is 1.65. The van der Waals surface area contributed by atoms with Crippen LogP contribution in [0.5, 0.6) is 0 Å². The Morgan fingerprint density at radius 1 is 1.30 bits per heavy atom. The average molecular weight is 294 g/mol. The summed E-state index contributed by atoms with van der Waals surface area (Å²) in [5.74, 6) is 0. The molecule has 2 rings (SSSR count). The van der Waals surface area contributed by atoms with Gasteiger partial charge in [-0.1, -0.05) is 30.3 Å². The molecule has 20 heavy (non-hydrogen) atoms. The zero-order valence-corrected chi connectivity index (χ0v) is 12.8. The van der Waals surface area contributed by atoms with Gasteiger partial charge in [0.2, 0.25) is 0 Å². The van der Waals surface area contributed by atoms with Gasteiger partial charge in [-0.25, -0.2) is 0 Å². The van der Waals surface area contributed by atoms with Crippen LogP contribution in [0.1, 0.15) is 18.5 Å². The third-order valence-corrected chi connectivity index (χ3v) is 3.87. The average Bonchev–Trinajstić information content (AvgIpc) is 2.49. The first-order valence-electron chi connectivity index (χ1n) is 7.26. The Hall–Kier alpha value is -1.17. The summed E-state index contributed by atoms with van der Waals surface area (Å²) < 4.78 is 5.35. The SMILES string of the molecule is C[C@@H](NC(=S)NCC[NH+]1CCOCC1)c1ccccc1. The first kappa shape index (κ1) is 15.2. The lowest BCUT2D eigenvalue weighted by atomic mass is 10.1. The van der Waals surface area contributed by atoms with Gasteiger partial charge in [-0.15, -0.1) is 0 Å². The van der Waals surface area contributed by atoms with Crippen molar-refractivity contribution in [1.82, 2.24) is 10.6 Å². The second-order valence-electron chi connectivity index (χ2n) is 5.14. The third kappa shape index (κ3) is 5.07. The number of rotatable bonds is 5. The molecule has 0 aromatic heterocycles.